The average molecular weight is 286 g/mol. The fourth-order valence-corrected chi connectivity index (χ4v) is 2.57. The summed E-state index contributed by atoms with van der Waals surface area (Å²) in [5, 5.41) is 0. The summed E-state index contributed by atoms with van der Waals surface area (Å²) >= 11 is 0. The second-order valence-electron chi connectivity index (χ2n) is 5.42. The molecule has 0 amide bonds. The number of hydrogen-bond acceptors (Lipinski definition) is 2. The first kappa shape index (κ1) is 15.7. The molecule has 3 heteroatoms. The van der Waals surface area contributed by atoms with Crippen molar-refractivity contribution in [1.82, 2.24) is 4.90 Å². The Bertz CT molecular complexity index is 583. The van der Waals surface area contributed by atoms with Crippen LogP contribution in [0, 0.1) is 5.82 Å². The summed E-state index contributed by atoms with van der Waals surface area (Å²) in [5.74, 6) is -0.146. The van der Waals surface area contributed by atoms with Crippen molar-refractivity contribution >= 4 is 0 Å². The molecule has 0 aliphatic carbocycles. The van der Waals surface area contributed by atoms with E-state index >= 15 is 0 Å². The van der Waals surface area contributed by atoms with Crippen molar-refractivity contribution in [2.75, 3.05) is 13.6 Å². The Morgan fingerprint density at radius 3 is 2.33 bits per heavy atom. The van der Waals surface area contributed by atoms with E-state index in [0.717, 1.165) is 18.5 Å². The fraction of sp³-hybridized carbons (Fsp3) is 0.333. The van der Waals surface area contributed by atoms with E-state index in [1.165, 1.54) is 17.2 Å². The summed E-state index contributed by atoms with van der Waals surface area (Å²) < 4.78 is 13.9. The van der Waals surface area contributed by atoms with Gasteiger partial charge in [-0.1, -0.05) is 42.5 Å². The summed E-state index contributed by atoms with van der Waals surface area (Å²) in [7, 11) is 2.02. The predicted octanol–water partition coefficient (Wildman–Crippen LogP) is 3.52. The molecular formula is C18H23FN2. The van der Waals surface area contributed by atoms with Crippen LogP contribution < -0.4 is 5.73 Å². The third-order valence-corrected chi connectivity index (χ3v) is 3.97. The SMILES string of the molecule is CC(c1ccccc1F)N(C)Cc1ccccc1CCN. The Hall–Kier alpha value is -1.71. The molecule has 0 heterocycles. The first-order valence-electron chi connectivity index (χ1n) is 7.35. The van der Waals surface area contributed by atoms with Gasteiger partial charge in [-0.25, -0.2) is 4.39 Å². The minimum atomic E-state index is -0.146. The molecule has 0 saturated heterocycles. The van der Waals surface area contributed by atoms with Gasteiger partial charge in [0.15, 0.2) is 0 Å². The minimum absolute atomic E-state index is 0.0251. The molecule has 1 unspecified atom stereocenters. The first-order chi connectivity index (χ1) is 10.1. The van der Waals surface area contributed by atoms with Crippen LogP contribution in [0.1, 0.15) is 29.7 Å². The highest BCUT2D eigenvalue weighted by atomic mass is 19.1. The van der Waals surface area contributed by atoms with Crippen LogP contribution in [0.5, 0.6) is 0 Å². The van der Waals surface area contributed by atoms with Crippen molar-refractivity contribution in [2.45, 2.75) is 25.9 Å². The molecule has 0 spiro atoms. The van der Waals surface area contributed by atoms with E-state index < -0.39 is 0 Å². The lowest BCUT2D eigenvalue weighted by Gasteiger charge is -2.26. The maximum absolute atomic E-state index is 13.9. The largest absolute Gasteiger partial charge is 0.330 e. The van der Waals surface area contributed by atoms with Crippen LogP contribution in [-0.2, 0) is 13.0 Å². The van der Waals surface area contributed by atoms with E-state index in [9.17, 15) is 4.39 Å². The van der Waals surface area contributed by atoms with Gasteiger partial charge in [0.05, 0.1) is 0 Å². The third kappa shape index (κ3) is 3.90. The molecule has 0 fully saturated rings. The van der Waals surface area contributed by atoms with Crippen LogP contribution in [0.4, 0.5) is 4.39 Å². The number of halogens is 1. The summed E-state index contributed by atoms with van der Waals surface area (Å²) in [6.45, 7) is 3.46. The minimum Gasteiger partial charge on any atom is -0.330 e. The smallest absolute Gasteiger partial charge is 0.127 e. The molecule has 2 rings (SSSR count). The van der Waals surface area contributed by atoms with Crippen molar-refractivity contribution in [3.05, 3.63) is 71.0 Å². The second kappa shape index (κ2) is 7.34. The lowest BCUT2D eigenvalue weighted by atomic mass is 10.0. The standard InChI is InChI=1S/C18H23FN2/c1-14(17-9-5-6-10-18(17)19)21(2)13-16-8-4-3-7-15(16)11-12-20/h3-10,14H,11-13,20H2,1-2H3. The Kier molecular flexibility index (Phi) is 5.48. The third-order valence-electron chi connectivity index (χ3n) is 3.97. The molecule has 0 aromatic heterocycles. The predicted molar refractivity (Wildman–Crippen MR) is 85.5 cm³/mol. The van der Waals surface area contributed by atoms with Gasteiger partial charge in [-0.05, 0) is 44.1 Å². The molecule has 0 saturated carbocycles. The number of hydrogen-bond donors (Lipinski definition) is 1. The van der Waals surface area contributed by atoms with E-state index in [2.05, 4.69) is 17.0 Å². The Labute approximate surface area is 126 Å². The Morgan fingerprint density at radius 1 is 1.05 bits per heavy atom. The summed E-state index contributed by atoms with van der Waals surface area (Å²) in [5.41, 5.74) is 8.93. The second-order valence-corrected chi connectivity index (χ2v) is 5.42. The van der Waals surface area contributed by atoms with Crippen LogP contribution in [0.2, 0.25) is 0 Å². The molecule has 0 radical (unpaired) electrons. The molecule has 21 heavy (non-hydrogen) atoms. The quantitative estimate of drug-likeness (QED) is 0.880. The number of rotatable bonds is 6. The average Bonchev–Trinajstić information content (AvgIpc) is 2.49. The topological polar surface area (TPSA) is 29.3 Å². The van der Waals surface area contributed by atoms with Gasteiger partial charge in [0.2, 0.25) is 0 Å². The zero-order valence-corrected chi connectivity index (χ0v) is 12.7. The van der Waals surface area contributed by atoms with Crippen LogP contribution in [-0.4, -0.2) is 18.5 Å². The lowest BCUT2D eigenvalue weighted by Crippen LogP contribution is -2.23. The van der Waals surface area contributed by atoms with Crippen LogP contribution in [0.3, 0.4) is 0 Å². The van der Waals surface area contributed by atoms with Crippen molar-refractivity contribution in [3.8, 4) is 0 Å². The van der Waals surface area contributed by atoms with E-state index in [1.54, 1.807) is 6.07 Å². The molecule has 2 N–H and O–H groups in total. The number of benzene rings is 2. The van der Waals surface area contributed by atoms with Crippen molar-refractivity contribution in [3.63, 3.8) is 0 Å². The Morgan fingerprint density at radius 2 is 1.67 bits per heavy atom. The summed E-state index contributed by atoms with van der Waals surface area (Å²) in [6.07, 6.45) is 0.873. The summed E-state index contributed by atoms with van der Waals surface area (Å²) in [4.78, 5) is 2.16. The Balaban J connectivity index is 2.14. The van der Waals surface area contributed by atoms with Gasteiger partial charge in [-0.3, -0.25) is 4.90 Å². The van der Waals surface area contributed by atoms with Gasteiger partial charge in [-0.15, -0.1) is 0 Å². The van der Waals surface area contributed by atoms with Crippen molar-refractivity contribution in [2.24, 2.45) is 5.73 Å². The first-order valence-corrected chi connectivity index (χ1v) is 7.35. The molecule has 0 aliphatic rings. The van der Waals surface area contributed by atoms with Gasteiger partial charge in [-0.2, -0.15) is 0 Å². The highest BCUT2D eigenvalue weighted by Crippen LogP contribution is 2.24. The molecule has 2 nitrogen and oxygen atoms in total. The zero-order valence-electron chi connectivity index (χ0n) is 12.7. The molecule has 112 valence electrons. The normalized spacial score (nSPS) is 12.6. The van der Waals surface area contributed by atoms with E-state index in [0.29, 0.717) is 6.54 Å². The maximum Gasteiger partial charge on any atom is 0.127 e. The van der Waals surface area contributed by atoms with E-state index in [-0.39, 0.29) is 11.9 Å². The van der Waals surface area contributed by atoms with Gasteiger partial charge < -0.3 is 5.73 Å². The van der Waals surface area contributed by atoms with Gasteiger partial charge in [0.25, 0.3) is 0 Å². The monoisotopic (exact) mass is 286 g/mol. The highest BCUT2D eigenvalue weighted by molar-refractivity contribution is 5.28. The van der Waals surface area contributed by atoms with Crippen molar-refractivity contribution < 1.29 is 4.39 Å². The van der Waals surface area contributed by atoms with Crippen LogP contribution in [0.15, 0.2) is 48.5 Å². The van der Waals surface area contributed by atoms with Gasteiger partial charge in [0.1, 0.15) is 5.82 Å². The van der Waals surface area contributed by atoms with Crippen LogP contribution >= 0.6 is 0 Å². The lowest BCUT2D eigenvalue weighted by molar-refractivity contribution is 0.247. The van der Waals surface area contributed by atoms with Crippen LogP contribution in [0.25, 0.3) is 0 Å². The summed E-state index contributed by atoms with van der Waals surface area (Å²) in [6, 6.07) is 15.3. The zero-order chi connectivity index (χ0) is 15.2. The maximum atomic E-state index is 13.9. The van der Waals surface area contributed by atoms with Gasteiger partial charge >= 0.3 is 0 Å². The molecular weight excluding hydrogens is 263 g/mol. The highest BCUT2D eigenvalue weighted by Gasteiger charge is 2.16. The molecule has 0 bridgehead atoms. The number of nitrogens with two attached hydrogens (primary N) is 1. The van der Waals surface area contributed by atoms with E-state index in [4.69, 9.17) is 5.73 Å². The fourth-order valence-electron chi connectivity index (χ4n) is 2.57. The molecule has 1 atom stereocenters. The van der Waals surface area contributed by atoms with Crippen molar-refractivity contribution in [1.29, 1.82) is 0 Å². The number of nitrogens with zero attached hydrogens (tertiary/aromatic N) is 1. The molecule has 0 aliphatic heterocycles. The molecule has 2 aromatic carbocycles. The van der Waals surface area contributed by atoms with E-state index in [1.807, 2.05) is 38.2 Å². The van der Waals surface area contributed by atoms with Gasteiger partial charge in [0, 0.05) is 18.2 Å². The molecule has 2 aromatic rings.